The van der Waals surface area contributed by atoms with Gasteiger partial charge in [-0.25, -0.2) is 0 Å². The fraction of sp³-hybridized carbons (Fsp3) is 0.312. The third kappa shape index (κ3) is 1.35. The molecule has 1 aliphatic carbocycles. The molecule has 0 N–H and O–H groups in total. The molecule has 1 aliphatic rings. The normalized spacial score (nSPS) is 12.5. The van der Waals surface area contributed by atoms with Gasteiger partial charge in [0.1, 0.15) is 0 Å². The molecule has 2 aromatic rings. The molecule has 3 rings (SSSR count). The number of benzene rings is 1. The molecular formula is C16H17N. The number of fused-ring (bicyclic) bond motifs is 3. The summed E-state index contributed by atoms with van der Waals surface area (Å²) in [6.07, 6.45) is 2.98. The molecule has 0 radical (unpaired) electrons. The fourth-order valence-electron chi connectivity index (χ4n) is 3.00. The second-order valence-corrected chi connectivity index (χ2v) is 5.09. The molecule has 1 heterocycles. The van der Waals surface area contributed by atoms with Crippen molar-refractivity contribution in [1.82, 2.24) is 4.98 Å². The lowest BCUT2D eigenvalue weighted by Gasteiger charge is -2.11. The molecule has 0 saturated carbocycles. The van der Waals surface area contributed by atoms with Gasteiger partial charge < -0.3 is 0 Å². The molecule has 1 aromatic carbocycles. The van der Waals surface area contributed by atoms with Crippen molar-refractivity contribution in [1.29, 1.82) is 0 Å². The van der Waals surface area contributed by atoms with Crippen LogP contribution in [0, 0.1) is 27.7 Å². The first kappa shape index (κ1) is 10.5. The molecule has 0 atom stereocenters. The summed E-state index contributed by atoms with van der Waals surface area (Å²) >= 11 is 0. The van der Waals surface area contributed by atoms with E-state index in [0.29, 0.717) is 0 Å². The van der Waals surface area contributed by atoms with Gasteiger partial charge in [0.25, 0.3) is 0 Å². The molecule has 0 aliphatic heterocycles. The summed E-state index contributed by atoms with van der Waals surface area (Å²) < 4.78 is 0. The topological polar surface area (TPSA) is 12.9 Å². The quantitative estimate of drug-likeness (QED) is 0.563. The Balaban J connectivity index is 2.38. The highest BCUT2D eigenvalue weighted by atomic mass is 14.7. The van der Waals surface area contributed by atoms with Gasteiger partial charge in [0.2, 0.25) is 0 Å². The number of rotatable bonds is 0. The number of hydrogen-bond acceptors (Lipinski definition) is 1. The lowest BCUT2D eigenvalue weighted by Crippen LogP contribution is -1.93. The van der Waals surface area contributed by atoms with Crippen LogP contribution >= 0.6 is 0 Å². The summed E-state index contributed by atoms with van der Waals surface area (Å²) in [6.45, 7) is 8.78. The average Bonchev–Trinajstić information content (AvgIpc) is 2.67. The minimum atomic E-state index is 1.05. The average molecular weight is 223 g/mol. The van der Waals surface area contributed by atoms with Crippen molar-refractivity contribution in [2.24, 2.45) is 0 Å². The SMILES string of the molecule is Cc1cc(C)c2c(c1C)Cc1c-2ccnc1C. The largest absolute Gasteiger partial charge is 0.261 e. The van der Waals surface area contributed by atoms with Crippen LogP contribution in [0.1, 0.15) is 33.5 Å². The summed E-state index contributed by atoms with van der Waals surface area (Å²) in [6, 6.07) is 4.47. The minimum Gasteiger partial charge on any atom is -0.261 e. The zero-order chi connectivity index (χ0) is 12.2. The van der Waals surface area contributed by atoms with Gasteiger partial charge in [0.05, 0.1) is 0 Å². The van der Waals surface area contributed by atoms with Crippen LogP contribution in [-0.2, 0) is 6.42 Å². The molecular weight excluding hydrogens is 206 g/mol. The van der Waals surface area contributed by atoms with Crippen molar-refractivity contribution in [3.8, 4) is 11.1 Å². The van der Waals surface area contributed by atoms with Gasteiger partial charge in [-0.3, -0.25) is 4.98 Å². The lowest BCUT2D eigenvalue weighted by molar-refractivity contribution is 1.10. The summed E-state index contributed by atoms with van der Waals surface area (Å²) in [4.78, 5) is 4.42. The number of nitrogens with zero attached hydrogens (tertiary/aromatic N) is 1. The highest BCUT2D eigenvalue weighted by molar-refractivity contribution is 5.81. The van der Waals surface area contributed by atoms with Crippen LogP contribution in [0.2, 0.25) is 0 Å². The van der Waals surface area contributed by atoms with Gasteiger partial charge in [-0.1, -0.05) is 6.07 Å². The van der Waals surface area contributed by atoms with Crippen LogP contribution in [0.15, 0.2) is 18.3 Å². The van der Waals surface area contributed by atoms with E-state index in [0.717, 1.165) is 6.42 Å². The summed E-state index contributed by atoms with van der Waals surface area (Å²) in [5.74, 6) is 0. The highest BCUT2D eigenvalue weighted by Gasteiger charge is 2.24. The van der Waals surface area contributed by atoms with E-state index in [4.69, 9.17) is 0 Å². The Morgan fingerprint density at radius 1 is 1.00 bits per heavy atom. The Bertz CT molecular complexity index is 624. The van der Waals surface area contributed by atoms with E-state index in [-0.39, 0.29) is 0 Å². The van der Waals surface area contributed by atoms with E-state index >= 15 is 0 Å². The van der Waals surface area contributed by atoms with Gasteiger partial charge in [-0.05, 0) is 72.7 Å². The van der Waals surface area contributed by atoms with Gasteiger partial charge in [0.15, 0.2) is 0 Å². The lowest BCUT2D eigenvalue weighted by atomic mass is 9.94. The Morgan fingerprint density at radius 2 is 1.76 bits per heavy atom. The second-order valence-electron chi connectivity index (χ2n) is 5.09. The molecule has 0 amide bonds. The Morgan fingerprint density at radius 3 is 2.53 bits per heavy atom. The fourth-order valence-corrected chi connectivity index (χ4v) is 3.00. The summed E-state index contributed by atoms with van der Waals surface area (Å²) in [7, 11) is 0. The first-order valence-electron chi connectivity index (χ1n) is 6.14. The smallest absolute Gasteiger partial charge is 0.0414 e. The molecule has 1 heteroatoms. The number of hydrogen-bond donors (Lipinski definition) is 0. The first-order chi connectivity index (χ1) is 8.09. The Kier molecular flexibility index (Phi) is 2.12. The molecule has 0 unspecified atom stereocenters. The molecule has 86 valence electrons. The van der Waals surface area contributed by atoms with Crippen molar-refractivity contribution in [2.45, 2.75) is 34.1 Å². The summed E-state index contributed by atoms with van der Waals surface area (Å²) in [5.41, 5.74) is 11.2. The zero-order valence-corrected chi connectivity index (χ0v) is 10.9. The second kappa shape index (κ2) is 3.43. The van der Waals surface area contributed by atoms with Crippen LogP contribution in [0.3, 0.4) is 0 Å². The molecule has 1 aromatic heterocycles. The zero-order valence-electron chi connectivity index (χ0n) is 10.9. The third-order valence-electron chi connectivity index (χ3n) is 4.07. The van der Waals surface area contributed by atoms with E-state index in [2.05, 4.69) is 44.8 Å². The van der Waals surface area contributed by atoms with Gasteiger partial charge in [-0.15, -0.1) is 0 Å². The third-order valence-corrected chi connectivity index (χ3v) is 4.07. The summed E-state index contributed by atoms with van der Waals surface area (Å²) in [5, 5.41) is 0. The minimum absolute atomic E-state index is 1.05. The van der Waals surface area contributed by atoms with Crippen LogP contribution in [-0.4, -0.2) is 4.98 Å². The van der Waals surface area contributed by atoms with Crippen molar-refractivity contribution in [3.63, 3.8) is 0 Å². The number of pyridine rings is 1. The maximum Gasteiger partial charge on any atom is 0.0414 e. The standard InChI is InChI=1S/C16H17N/c1-9-7-10(2)16-13-5-6-17-12(4)15(13)8-14(16)11(9)3/h5-7H,8H2,1-4H3. The van der Waals surface area contributed by atoms with Gasteiger partial charge >= 0.3 is 0 Å². The molecule has 17 heavy (non-hydrogen) atoms. The van der Waals surface area contributed by atoms with E-state index in [1.165, 1.54) is 44.6 Å². The number of aryl methyl sites for hydroxylation is 3. The molecule has 1 nitrogen and oxygen atoms in total. The van der Waals surface area contributed by atoms with Crippen molar-refractivity contribution < 1.29 is 0 Å². The van der Waals surface area contributed by atoms with Gasteiger partial charge in [0, 0.05) is 18.3 Å². The van der Waals surface area contributed by atoms with Crippen LogP contribution in [0.4, 0.5) is 0 Å². The van der Waals surface area contributed by atoms with E-state index in [1.807, 2.05) is 6.20 Å². The van der Waals surface area contributed by atoms with E-state index in [1.54, 1.807) is 0 Å². The predicted octanol–water partition coefficient (Wildman–Crippen LogP) is 3.89. The monoisotopic (exact) mass is 223 g/mol. The van der Waals surface area contributed by atoms with Gasteiger partial charge in [-0.2, -0.15) is 0 Å². The Labute approximate surface area is 103 Å². The van der Waals surface area contributed by atoms with Crippen molar-refractivity contribution >= 4 is 0 Å². The maximum absolute atomic E-state index is 4.42. The van der Waals surface area contributed by atoms with Crippen LogP contribution < -0.4 is 0 Å². The molecule has 0 saturated heterocycles. The number of aromatic nitrogens is 1. The molecule has 0 bridgehead atoms. The predicted molar refractivity (Wildman–Crippen MR) is 71.4 cm³/mol. The molecule has 0 spiro atoms. The maximum atomic E-state index is 4.42. The van der Waals surface area contributed by atoms with Crippen molar-refractivity contribution in [2.75, 3.05) is 0 Å². The van der Waals surface area contributed by atoms with E-state index < -0.39 is 0 Å². The molecule has 0 fully saturated rings. The van der Waals surface area contributed by atoms with Crippen LogP contribution in [0.5, 0.6) is 0 Å². The first-order valence-corrected chi connectivity index (χ1v) is 6.14. The van der Waals surface area contributed by atoms with Crippen molar-refractivity contribution in [3.05, 3.63) is 51.8 Å². The Hall–Kier alpha value is -1.63. The van der Waals surface area contributed by atoms with Crippen LogP contribution in [0.25, 0.3) is 11.1 Å². The van der Waals surface area contributed by atoms with E-state index in [9.17, 15) is 0 Å². The highest BCUT2D eigenvalue weighted by Crippen LogP contribution is 2.41.